The summed E-state index contributed by atoms with van der Waals surface area (Å²) in [5.41, 5.74) is 0.339. The molecular formula is C24H27N5O7S. The van der Waals surface area contributed by atoms with E-state index < -0.39 is 27.1 Å². The van der Waals surface area contributed by atoms with E-state index in [1.165, 1.54) is 35.7 Å². The molecule has 13 heteroatoms. The van der Waals surface area contributed by atoms with E-state index in [9.17, 15) is 23.3 Å². The zero-order valence-corrected chi connectivity index (χ0v) is 21.0. The van der Waals surface area contributed by atoms with Crippen LogP contribution in [0.15, 0.2) is 53.4 Å². The van der Waals surface area contributed by atoms with Gasteiger partial charge in [-0.3, -0.25) is 15.0 Å². The van der Waals surface area contributed by atoms with Crippen LogP contribution in [0.25, 0.3) is 0 Å². The van der Waals surface area contributed by atoms with Gasteiger partial charge in [0.15, 0.2) is 0 Å². The third-order valence-corrected chi connectivity index (χ3v) is 8.50. The van der Waals surface area contributed by atoms with E-state index in [1.54, 1.807) is 24.3 Å². The van der Waals surface area contributed by atoms with Gasteiger partial charge in [0.2, 0.25) is 10.0 Å². The van der Waals surface area contributed by atoms with Gasteiger partial charge in [0.25, 0.3) is 5.69 Å². The number of sulfonamides is 1. The third kappa shape index (κ3) is 5.99. The molecule has 196 valence electrons. The summed E-state index contributed by atoms with van der Waals surface area (Å²) in [4.78, 5) is 24.5. The first-order valence-corrected chi connectivity index (χ1v) is 13.1. The Labute approximate surface area is 214 Å². The maximum absolute atomic E-state index is 13.2. The largest absolute Gasteiger partial charge is 0.491 e. The number of benzene rings is 2. The smallest absolute Gasteiger partial charge is 0.407 e. The van der Waals surface area contributed by atoms with Crippen LogP contribution in [-0.2, 0) is 14.8 Å². The van der Waals surface area contributed by atoms with Crippen LogP contribution in [0.3, 0.4) is 0 Å². The first-order valence-electron chi connectivity index (χ1n) is 11.7. The monoisotopic (exact) mass is 529 g/mol. The fourth-order valence-corrected chi connectivity index (χ4v) is 6.29. The summed E-state index contributed by atoms with van der Waals surface area (Å²) in [5, 5.41) is 22.6. The van der Waals surface area contributed by atoms with Crippen LogP contribution < -0.4 is 10.1 Å². The molecule has 0 spiro atoms. The number of hydrogen-bond donors (Lipinski definition) is 1. The van der Waals surface area contributed by atoms with Gasteiger partial charge in [-0.25, -0.2) is 13.2 Å². The zero-order valence-electron chi connectivity index (χ0n) is 20.1. The number of alkyl carbamates (subject to hydrolysis) is 1. The number of nitro benzene ring substituents is 1. The third-order valence-electron chi connectivity index (χ3n) is 6.66. The Morgan fingerprint density at radius 1 is 1.16 bits per heavy atom. The zero-order chi connectivity index (χ0) is 26.6. The molecule has 2 aromatic carbocycles. The molecule has 2 aliphatic heterocycles. The molecule has 2 fully saturated rings. The second-order valence-corrected chi connectivity index (χ2v) is 10.9. The molecule has 1 N–H and O–H groups in total. The highest BCUT2D eigenvalue weighted by Gasteiger charge is 2.44. The van der Waals surface area contributed by atoms with Crippen LogP contribution in [0.2, 0.25) is 0 Å². The lowest BCUT2D eigenvalue weighted by Crippen LogP contribution is -2.59. The van der Waals surface area contributed by atoms with E-state index in [1.807, 2.05) is 6.07 Å². The van der Waals surface area contributed by atoms with E-state index in [2.05, 4.69) is 10.2 Å². The number of piperazine rings is 1. The Bertz CT molecular complexity index is 1260. The second-order valence-electron chi connectivity index (χ2n) is 8.93. The molecule has 0 radical (unpaired) electrons. The lowest BCUT2D eigenvalue weighted by atomic mass is 10.1. The number of nitriles is 1. The molecule has 2 saturated heterocycles. The lowest BCUT2D eigenvalue weighted by Gasteiger charge is -2.41. The molecule has 2 aromatic rings. The van der Waals surface area contributed by atoms with Crippen molar-refractivity contribution in [3.8, 4) is 11.8 Å². The number of nitro groups is 1. The summed E-state index contributed by atoms with van der Waals surface area (Å²) >= 11 is 0. The lowest BCUT2D eigenvalue weighted by molar-refractivity contribution is -0.384. The van der Waals surface area contributed by atoms with Gasteiger partial charge in [0.05, 0.1) is 34.6 Å². The van der Waals surface area contributed by atoms with Gasteiger partial charge in [0.1, 0.15) is 12.4 Å². The summed E-state index contributed by atoms with van der Waals surface area (Å²) < 4.78 is 38.5. The predicted octanol–water partition coefficient (Wildman–Crippen LogP) is 2.11. The van der Waals surface area contributed by atoms with E-state index in [0.717, 1.165) is 12.8 Å². The van der Waals surface area contributed by atoms with Crippen molar-refractivity contribution in [3.05, 3.63) is 64.2 Å². The average Bonchev–Trinajstić information content (AvgIpc) is 3.12. The maximum atomic E-state index is 13.2. The van der Waals surface area contributed by atoms with E-state index in [-0.39, 0.29) is 42.4 Å². The number of carbonyl (C=O) groups is 1. The number of amides is 1. The predicted molar refractivity (Wildman–Crippen MR) is 131 cm³/mol. The number of hydrogen-bond acceptors (Lipinski definition) is 9. The Morgan fingerprint density at radius 3 is 2.32 bits per heavy atom. The van der Waals surface area contributed by atoms with Gasteiger partial charge < -0.3 is 14.8 Å². The van der Waals surface area contributed by atoms with Crippen molar-refractivity contribution >= 4 is 21.8 Å². The summed E-state index contributed by atoms with van der Waals surface area (Å²) in [6.07, 6.45) is 1.01. The minimum atomic E-state index is -3.81. The number of fused-ring (bicyclic) bond motifs is 2. The Morgan fingerprint density at radius 2 is 1.78 bits per heavy atom. The quantitative estimate of drug-likeness (QED) is 0.380. The van der Waals surface area contributed by atoms with Crippen LogP contribution >= 0.6 is 0 Å². The van der Waals surface area contributed by atoms with Crippen molar-refractivity contribution in [1.29, 1.82) is 5.26 Å². The molecule has 2 bridgehead atoms. The molecule has 0 aliphatic carbocycles. The second kappa shape index (κ2) is 11.1. The van der Waals surface area contributed by atoms with Gasteiger partial charge in [-0.1, -0.05) is 0 Å². The molecule has 2 aliphatic rings. The highest BCUT2D eigenvalue weighted by atomic mass is 32.2. The van der Waals surface area contributed by atoms with Crippen LogP contribution in [0.1, 0.15) is 18.4 Å². The van der Waals surface area contributed by atoms with E-state index in [0.29, 0.717) is 17.9 Å². The number of nitrogens with one attached hydrogen (secondary N) is 1. The van der Waals surface area contributed by atoms with Crippen molar-refractivity contribution < 1.29 is 27.6 Å². The Balaban J connectivity index is 1.43. The summed E-state index contributed by atoms with van der Waals surface area (Å²) in [6.45, 7) is 1.14. The van der Waals surface area contributed by atoms with Crippen LogP contribution in [0.5, 0.6) is 5.75 Å². The molecule has 0 saturated carbocycles. The fraction of sp³-hybridized carbons (Fsp3) is 0.417. The topological polar surface area (TPSA) is 155 Å². The van der Waals surface area contributed by atoms with Crippen molar-refractivity contribution in [2.24, 2.45) is 0 Å². The molecule has 2 unspecified atom stereocenters. The molecule has 2 heterocycles. The first-order chi connectivity index (χ1) is 17.7. The molecule has 12 nitrogen and oxygen atoms in total. The molecule has 37 heavy (non-hydrogen) atoms. The van der Waals surface area contributed by atoms with Crippen molar-refractivity contribution in [1.82, 2.24) is 14.5 Å². The van der Waals surface area contributed by atoms with Gasteiger partial charge in [0, 0.05) is 43.9 Å². The number of non-ortho nitro benzene ring substituents is 1. The van der Waals surface area contributed by atoms with Gasteiger partial charge in [-0.05, 0) is 49.2 Å². The van der Waals surface area contributed by atoms with Crippen molar-refractivity contribution in [3.63, 3.8) is 0 Å². The SMILES string of the molecule is COC(=O)N[C@H](COc1ccc(C#N)cc1)CN1C2CCC1CN(S(=O)(=O)c1ccc([N+](=O)[O-])cc1)C2. The Kier molecular flexibility index (Phi) is 7.91. The first kappa shape index (κ1) is 26.3. The average molecular weight is 530 g/mol. The van der Waals surface area contributed by atoms with Crippen LogP contribution in [0, 0.1) is 21.4 Å². The van der Waals surface area contributed by atoms with Gasteiger partial charge in [-0.15, -0.1) is 0 Å². The standard InChI is InChI=1S/C24H27N5O7S/c1-35-24(30)26-18(16-36-22-8-2-17(12-25)3-9-22)13-28-20-4-5-21(28)15-27(14-20)37(33,34)23-10-6-19(7-11-23)29(31)32/h2-3,6-11,18,20-21H,4-5,13-16H2,1H3,(H,26,30)/t18-,20?,21?/m0/s1. The number of nitrogens with zero attached hydrogens (tertiary/aromatic N) is 4. The van der Waals surface area contributed by atoms with Crippen LogP contribution in [0.4, 0.5) is 10.5 Å². The fourth-order valence-electron chi connectivity index (χ4n) is 4.78. The molecule has 1 amide bonds. The highest BCUT2D eigenvalue weighted by molar-refractivity contribution is 7.89. The minimum Gasteiger partial charge on any atom is -0.491 e. The number of carbonyl (C=O) groups excluding carboxylic acids is 1. The maximum Gasteiger partial charge on any atom is 0.407 e. The van der Waals surface area contributed by atoms with Crippen LogP contribution in [-0.4, -0.2) is 80.1 Å². The normalized spacial score (nSPS) is 20.5. The van der Waals surface area contributed by atoms with E-state index in [4.69, 9.17) is 14.7 Å². The van der Waals surface area contributed by atoms with Crippen molar-refractivity contribution in [2.75, 3.05) is 33.4 Å². The number of methoxy groups -OCH3 is 1. The van der Waals surface area contributed by atoms with Gasteiger partial charge in [-0.2, -0.15) is 9.57 Å². The van der Waals surface area contributed by atoms with E-state index >= 15 is 0 Å². The summed E-state index contributed by atoms with van der Waals surface area (Å²) in [6, 6.07) is 13.1. The minimum absolute atomic E-state index is 0.0204. The molecule has 4 rings (SSSR count). The number of ether oxygens (including phenoxy) is 2. The molecular weight excluding hydrogens is 502 g/mol. The molecule has 3 atom stereocenters. The highest BCUT2D eigenvalue weighted by Crippen LogP contribution is 2.33. The Hall–Kier alpha value is -3.73. The molecule has 0 aromatic heterocycles. The van der Waals surface area contributed by atoms with Gasteiger partial charge >= 0.3 is 6.09 Å². The van der Waals surface area contributed by atoms with Crippen molar-refractivity contribution in [2.45, 2.75) is 35.9 Å². The number of rotatable bonds is 9. The summed E-state index contributed by atoms with van der Waals surface area (Å²) in [5.74, 6) is 0.553. The summed E-state index contributed by atoms with van der Waals surface area (Å²) in [7, 11) is -2.53.